The first-order valence-electron chi connectivity index (χ1n) is 5.91. The summed E-state index contributed by atoms with van der Waals surface area (Å²) in [4.78, 5) is 0. The summed E-state index contributed by atoms with van der Waals surface area (Å²) in [7, 11) is 0. The van der Waals surface area contributed by atoms with E-state index in [1.807, 2.05) is 0 Å². The number of hydrogen-bond acceptors (Lipinski definition) is 2. The zero-order valence-electron chi connectivity index (χ0n) is 8.96. The van der Waals surface area contributed by atoms with Crippen molar-refractivity contribution in [3.8, 4) is 5.75 Å². The first-order valence-corrected chi connectivity index (χ1v) is 5.91. The molecule has 0 aromatic heterocycles. The van der Waals surface area contributed by atoms with Crippen molar-refractivity contribution in [2.45, 2.75) is 31.8 Å². The highest BCUT2D eigenvalue weighted by molar-refractivity contribution is 5.38. The van der Waals surface area contributed by atoms with Crippen LogP contribution in [0.3, 0.4) is 0 Å². The van der Waals surface area contributed by atoms with Crippen molar-refractivity contribution in [3.05, 3.63) is 29.3 Å². The second kappa shape index (κ2) is 3.86. The molecule has 1 aliphatic carbocycles. The Labute approximate surface area is 90.6 Å². The molecular weight excluding hydrogens is 186 g/mol. The molecule has 0 saturated carbocycles. The molecule has 2 nitrogen and oxygen atoms in total. The third-order valence-electron chi connectivity index (χ3n) is 3.39. The summed E-state index contributed by atoms with van der Waals surface area (Å²) in [6, 6.07) is 6.60. The molecule has 15 heavy (non-hydrogen) atoms. The summed E-state index contributed by atoms with van der Waals surface area (Å²) in [6.45, 7) is 2.09. The number of nitrogens with one attached hydrogen (secondary N) is 1. The number of rotatable bonds is 2. The zero-order valence-corrected chi connectivity index (χ0v) is 8.96. The lowest BCUT2D eigenvalue weighted by atomic mass is 10.1. The molecule has 1 heterocycles. The molecule has 2 aliphatic rings. The Kier molecular flexibility index (Phi) is 2.37. The lowest BCUT2D eigenvalue weighted by molar-refractivity contribution is 0.223. The van der Waals surface area contributed by atoms with Gasteiger partial charge in [-0.25, -0.2) is 0 Å². The van der Waals surface area contributed by atoms with Gasteiger partial charge in [0.1, 0.15) is 11.9 Å². The van der Waals surface area contributed by atoms with E-state index < -0.39 is 0 Å². The molecule has 0 amide bonds. The van der Waals surface area contributed by atoms with E-state index in [0.29, 0.717) is 6.10 Å². The quantitative estimate of drug-likeness (QED) is 0.793. The van der Waals surface area contributed by atoms with Crippen LogP contribution >= 0.6 is 0 Å². The minimum absolute atomic E-state index is 0.379. The third-order valence-corrected chi connectivity index (χ3v) is 3.39. The summed E-state index contributed by atoms with van der Waals surface area (Å²) < 4.78 is 5.94. The first-order chi connectivity index (χ1) is 7.42. The Morgan fingerprint density at radius 2 is 2.13 bits per heavy atom. The Hall–Kier alpha value is -1.02. The standard InChI is InChI=1S/C13H17NO/c1-2-10-4-5-12(8-11(10)3-1)15-13-6-7-14-9-13/h4-5,8,13-14H,1-3,6-7,9H2. The molecule has 0 bridgehead atoms. The minimum atomic E-state index is 0.379. The Bertz CT molecular complexity index is 356. The van der Waals surface area contributed by atoms with Gasteiger partial charge in [0, 0.05) is 6.54 Å². The van der Waals surface area contributed by atoms with E-state index in [1.165, 1.54) is 30.4 Å². The van der Waals surface area contributed by atoms with Gasteiger partial charge in [-0.3, -0.25) is 0 Å². The van der Waals surface area contributed by atoms with Crippen LogP contribution in [-0.4, -0.2) is 19.2 Å². The highest BCUT2D eigenvalue weighted by Gasteiger charge is 2.17. The van der Waals surface area contributed by atoms with Crippen LogP contribution in [0, 0.1) is 0 Å². The van der Waals surface area contributed by atoms with Gasteiger partial charge in [-0.05, 0) is 55.5 Å². The maximum absolute atomic E-state index is 5.94. The monoisotopic (exact) mass is 203 g/mol. The SMILES string of the molecule is c1cc2c(cc1OC1CCNC1)CCC2. The first kappa shape index (κ1) is 9.22. The molecule has 3 rings (SSSR count). The molecule has 1 N–H and O–H groups in total. The van der Waals surface area contributed by atoms with Crippen molar-refractivity contribution >= 4 is 0 Å². The van der Waals surface area contributed by atoms with E-state index in [2.05, 4.69) is 23.5 Å². The molecule has 0 spiro atoms. The molecular formula is C13H17NO. The van der Waals surface area contributed by atoms with E-state index in [4.69, 9.17) is 4.74 Å². The largest absolute Gasteiger partial charge is 0.489 e. The van der Waals surface area contributed by atoms with Crippen molar-refractivity contribution < 1.29 is 4.74 Å². The average Bonchev–Trinajstić information content (AvgIpc) is 2.87. The molecule has 1 atom stereocenters. The van der Waals surface area contributed by atoms with Crippen LogP contribution in [0.15, 0.2) is 18.2 Å². The maximum Gasteiger partial charge on any atom is 0.120 e. The van der Waals surface area contributed by atoms with Gasteiger partial charge in [0.15, 0.2) is 0 Å². The number of aryl methyl sites for hydroxylation is 2. The van der Waals surface area contributed by atoms with Gasteiger partial charge in [0.25, 0.3) is 0 Å². The van der Waals surface area contributed by atoms with Crippen molar-refractivity contribution in [2.24, 2.45) is 0 Å². The van der Waals surface area contributed by atoms with Crippen molar-refractivity contribution in [1.29, 1.82) is 0 Å². The summed E-state index contributed by atoms with van der Waals surface area (Å²) >= 11 is 0. The van der Waals surface area contributed by atoms with E-state index in [1.54, 1.807) is 0 Å². The average molecular weight is 203 g/mol. The second-order valence-electron chi connectivity index (χ2n) is 4.52. The van der Waals surface area contributed by atoms with Gasteiger partial charge in [-0.15, -0.1) is 0 Å². The third kappa shape index (κ3) is 1.86. The van der Waals surface area contributed by atoms with Gasteiger partial charge >= 0.3 is 0 Å². The van der Waals surface area contributed by atoms with Gasteiger partial charge < -0.3 is 10.1 Å². The van der Waals surface area contributed by atoms with E-state index >= 15 is 0 Å². The summed E-state index contributed by atoms with van der Waals surface area (Å²) in [6.07, 6.45) is 5.31. The summed E-state index contributed by atoms with van der Waals surface area (Å²) in [5, 5.41) is 3.32. The predicted molar refractivity (Wildman–Crippen MR) is 60.4 cm³/mol. The van der Waals surface area contributed by atoms with E-state index in [0.717, 1.165) is 25.3 Å². The molecule has 1 unspecified atom stereocenters. The molecule has 1 fully saturated rings. The number of benzene rings is 1. The van der Waals surface area contributed by atoms with Crippen LogP contribution in [0.25, 0.3) is 0 Å². The maximum atomic E-state index is 5.94. The van der Waals surface area contributed by atoms with E-state index in [-0.39, 0.29) is 0 Å². The lowest BCUT2D eigenvalue weighted by Gasteiger charge is -2.13. The van der Waals surface area contributed by atoms with Crippen LogP contribution < -0.4 is 10.1 Å². The number of ether oxygens (including phenoxy) is 1. The topological polar surface area (TPSA) is 21.3 Å². The van der Waals surface area contributed by atoms with Crippen LogP contribution in [0.4, 0.5) is 0 Å². The van der Waals surface area contributed by atoms with Crippen LogP contribution in [0.1, 0.15) is 24.0 Å². The fourth-order valence-electron chi connectivity index (χ4n) is 2.54. The van der Waals surface area contributed by atoms with E-state index in [9.17, 15) is 0 Å². The summed E-state index contributed by atoms with van der Waals surface area (Å²) in [5.74, 6) is 1.06. The molecule has 1 aromatic carbocycles. The van der Waals surface area contributed by atoms with Crippen LogP contribution in [0.2, 0.25) is 0 Å². The molecule has 1 saturated heterocycles. The number of fused-ring (bicyclic) bond motifs is 1. The number of hydrogen-bond donors (Lipinski definition) is 1. The van der Waals surface area contributed by atoms with Crippen molar-refractivity contribution in [2.75, 3.05) is 13.1 Å². The van der Waals surface area contributed by atoms with Crippen LogP contribution in [0.5, 0.6) is 5.75 Å². The van der Waals surface area contributed by atoms with Gasteiger partial charge in [0.05, 0.1) is 0 Å². The Morgan fingerprint density at radius 1 is 1.20 bits per heavy atom. The van der Waals surface area contributed by atoms with Crippen molar-refractivity contribution in [1.82, 2.24) is 5.32 Å². The fourth-order valence-corrected chi connectivity index (χ4v) is 2.54. The van der Waals surface area contributed by atoms with Crippen molar-refractivity contribution in [3.63, 3.8) is 0 Å². The summed E-state index contributed by atoms with van der Waals surface area (Å²) in [5.41, 5.74) is 3.02. The highest BCUT2D eigenvalue weighted by Crippen LogP contribution is 2.26. The fraction of sp³-hybridized carbons (Fsp3) is 0.538. The van der Waals surface area contributed by atoms with Gasteiger partial charge in [0.2, 0.25) is 0 Å². The molecule has 1 aliphatic heterocycles. The van der Waals surface area contributed by atoms with Gasteiger partial charge in [-0.1, -0.05) is 6.07 Å². The minimum Gasteiger partial charge on any atom is -0.489 e. The molecule has 0 radical (unpaired) electrons. The van der Waals surface area contributed by atoms with Crippen LogP contribution in [-0.2, 0) is 12.8 Å². The smallest absolute Gasteiger partial charge is 0.120 e. The molecule has 1 aromatic rings. The predicted octanol–water partition coefficient (Wildman–Crippen LogP) is 1.92. The lowest BCUT2D eigenvalue weighted by Crippen LogP contribution is -2.19. The zero-order chi connectivity index (χ0) is 10.1. The molecule has 80 valence electrons. The Morgan fingerprint density at radius 3 is 3.00 bits per heavy atom. The molecule has 2 heteroatoms. The second-order valence-corrected chi connectivity index (χ2v) is 4.52. The normalized spacial score (nSPS) is 24.1. The Balaban J connectivity index is 1.75. The van der Waals surface area contributed by atoms with Gasteiger partial charge in [-0.2, -0.15) is 0 Å². The highest BCUT2D eigenvalue weighted by atomic mass is 16.5.